The molecule has 0 fully saturated rings. The third-order valence-electron chi connectivity index (χ3n) is 3.43. The lowest BCUT2D eigenvalue weighted by Gasteiger charge is -2.10. The van der Waals surface area contributed by atoms with Gasteiger partial charge >= 0.3 is 0 Å². The van der Waals surface area contributed by atoms with E-state index in [2.05, 4.69) is 6.07 Å². The van der Waals surface area contributed by atoms with Crippen LogP contribution in [0.25, 0.3) is 0 Å². The lowest BCUT2D eigenvalue weighted by molar-refractivity contribution is 0.0921. The number of aliphatic hydroxyl groups excluding tert-OH is 1. The van der Waals surface area contributed by atoms with Crippen LogP contribution in [0.15, 0.2) is 55.0 Å². The average Bonchev–Trinajstić information content (AvgIpc) is 3.22. The van der Waals surface area contributed by atoms with Gasteiger partial charge in [-0.2, -0.15) is 0 Å². The molecule has 3 rings (SSSR count). The molecule has 0 saturated heterocycles. The second kappa shape index (κ2) is 5.94. The zero-order chi connectivity index (χ0) is 16.4. The summed E-state index contributed by atoms with van der Waals surface area (Å²) in [5.74, 6) is -0.960. The Balaban J connectivity index is 2.04. The molecule has 23 heavy (non-hydrogen) atoms. The van der Waals surface area contributed by atoms with Crippen LogP contribution >= 0.6 is 0 Å². The average molecular weight is 309 g/mol. The van der Waals surface area contributed by atoms with E-state index in [4.69, 9.17) is 0 Å². The zero-order valence-electron chi connectivity index (χ0n) is 12.0. The van der Waals surface area contributed by atoms with E-state index in [-0.39, 0.29) is 23.5 Å². The second-order valence-electron chi connectivity index (χ2n) is 4.87. The van der Waals surface area contributed by atoms with Crippen molar-refractivity contribution < 1.29 is 19.8 Å². The van der Waals surface area contributed by atoms with Crippen molar-refractivity contribution in [3.63, 3.8) is 0 Å². The first-order valence-electron chi connectivity index (χ1n) is 6.86. The Kier molecular flexibility index (Phi) is 3.82. The first kappa shape index (κ1) is 14.8. The van der Waals surface area contributed by atoms with Crippen LogP contribution < -0.4 is 0 Å². The summed E-state index contributed by atoms with van der Waals surface area (Å²) in [6.07, 6.45) is 4.18. The molecule has 0 aliphatic heterocycles. The molecule has 0 spiro atoms. The number of hydrogen-bond acceptors (Lipinski definition) is 4. The zero-order valence-corrected chi connectivity index (χ0v) is 12.0. The highest BCUT2D eigenvalue weighted by atomic mass is 16.3. The molecule has 2 heterocycles. The molecule has 0 amide bonds. The molecule has 2 aromatic heterocycles. The molecular weight excluding hydrogens is 296 g/mol. The SMILES string of the molecule is O=C(c1[c]cccc1C(=O)n1cccc1CO)n1ccc(O)c1. The van der Waals surface area contributed by atoms with Gasteiger partial charge in [0.15, 0.2) is 0 Å². The molecule has 0 bridgehead atoms. The summed E-state index contributed by atoms with van der Waals surface area (Å²) in [6, 6.07) is 12.1. The molecule has 115 valence electrons. The van der Waals surface area contributed by atoms with Crippen molar-refractivity contribution in [3.8, 4) is 5.75 Å². The van der Waals surface area contributed by atoms with Crippen LogP contribution in [0.4, 0.5) is 0 Å². The molecule has 0 unspecified atom stereocenters. The Labute approximate surface area is 131 Å². The van der Waals surface area contributed by atoms with E-state index in [1.165, 1.54) is 45.9 Å². The lowest BCUT2D eigenvalue weighted by atomic mass is 10.1. The van der Waals surface area contributed by atoms with Crippen LogP contribution in [0.3, 0.4) is 0 Å². The minimum absolute atomic E-state index is 0.0462. The number of carbonyl (C=O) groups excluding carboxylic acids is 2. The Morgan fingerprint density at radius 2 is 1.91 bits per heavy atom. The van der Waals surface area contributed by atoms with E-state index in [0.29, 0.717) is 5.69 Å². The van der Waals surface area contributed by atoms with E-state index < -0.39 is 11.8 Å². The maximum atomic E-state index is 12.7. The minimum Gasteiger partial charge on any atom is -0.506 e. The van der Waals surface area contributed by atoms with Crippen LogP contribution in [0, 0.1) is 6.07 Å². The second-order valence-corrected chi connectivity index (χ2v) is 4.87. The number of hydrogen-bond donors (Lipinski definition) is 2. The maximum Gasteiger partial charge on any atom is 0.263 e. The summed E-state index contributed by atoms with van der Waals surface area (Å²) >= 11 is 0. The highest BCUT2D eigenvalue weighted by Gasteiger charge is 2.20. The number of aliphatic hydroxyl groups is 1. The standard InChI is InChI=1S/C17H13N2O4/c20-11-12-4-3-8-19(12)17(23)15-6-2-1-5-14(15)16(22)18-9-7-13(21)10-18/h1-4,6-10,20-21H,11H2. The summed E-state index contributed by atoms with van der Waals surface area (Å²) in [4.78, 5) is 25.2. The van der Waals surface area contributed by atoms with Crippen LogP contribution in [0.2, 0.25) is 0 Å². The van der Waals surface area contributed by atoms with E-state index in [0.717, 1.165) is 0 Å². The molecule has 1 radical (unpaired) electrons. The molecule has 6 heteroatoms. The Morgan fingerprint density at radius 1 is 1.09 bits per heavy atom. The van der Waals surface area contributed by atoms with Gasteiger partial charge in [0.1, 0.15) is 5.75 Å². The van der Waals surface area contributed by atoms with Gasteiger partial charge in [0, 0.05) is 12.4 Å². The van der Waals surface area contributed by atoms with Crippen LogP contribution in [-0.2, 0) is 6.61 Å². The molecule has 0 saturated carbocycles. The summed E-state index contributed by atoms with van der Waals surface area (Å²) in [5, 5.41) is 18.6. The van der Waals surface area contributed by atoms with E-state index >= 15 is 0 Å². The van der Waals surface area contributed by atoms with Gasteiger partial charge in [-0.25, -0.2) is 0 Å². The van der Waals surface area contributed by atoms with Crippen molar-refractivity contribution in [2.24, 2.45) is 0 Å². The molecular formula is C17H13N2O4. The van der Waals surface area contributed by atoms with Crippen molar-refractivity contribution in [2.45, 2.75) is 6.61 Å². The molecule has 0 aliphatic rings. The third kappa shape index (κ3) is 2.67. The van der Waals surface area contributed by atoms with Crippen molar-refractivity contribution >= 4 is 11.8 Å². The van der Waals surface area contributed by atoms with Crippen molar-refractivity contribution in [3.05, 3.63) is 77.9 Å². The van der Waals surface area contributed by atoms with Gasteiger partial charge in [-0.05, 0) is 30.3 Å². The molecule has 2 N–H and O–H groups in total. The highest BCUT2D eigenvalue weighted by Crippen LogP contribution is 2.16. The topological polar surface area (TPSA) is 84.5 Å². The van der Waals surface area contributed by atoms with E-state index in [1.54, 1.807) is 18.2 Å². The van der Waals surface area contributed by atoms with Crippen LogP contribution in [0.5, 0.6) is 5.75 Å². The monoisotopic (exact) mass is 309 g/mol. The molecule has 1 aromatic carbocycles. The fourth-order valence-corrected chi connectivity index (χ4v) is 2.31. The van der Waals surface area contributed by atoms with Gasteiger partial charge in [0.2, 0.25) is 0 Å². The number of aromatic nitrogens is 2. The number of carbonyl (C=O) groups is 2. The Morgan fingerprint density at radius 3 is 2.61 bits per heavy atom. The third-order valence-corrected chi connectivity index (χ3v) is 3.43. The predicted molar refractivity (Wildman–Crippen MR) is 81.2 cm³/mol. The number of nitrogens with zero attached hydrogens (tertiary/aromatic N) is 2. The predicted octanol–water partition coefficient (Wildman–Crippen LogP) is 1.66. The highest BCUT2D eigenvalue weighted by molar-refractivity contribution is 6.08. The van der Waals surface area contributed by atoms with Gasteiger partial charge in [0.25, 0.3) is 11.8 Å². The van der Waals surface area contributed by atoms with E-state index in [9.17, 15) is 19.8 Å². The van der Waals surface area contributed by atoms with Gasteiger partial charge in [0.05, 0.1) is 29.6 Å². The molecule has 6 nitrogen and oxygen atoms in total. The Hall–Kier alpha value is -3.12. The fraction of sp³-hybridized carbons (Fsp3) is 0.0588. The van der Waals surface area contributed by atoms with Crippen molar-refractivity contribution in [1.82, 2.24) is 9.13 Å². The van der Waals surface area contributed by atoms with Crippen LogP contribution in [-0.4, -0.2) is 31.2 Å². The minimum atomic E-state index is -0.480. The van der Waals surface area contributed by atoms with Crippen molar-refractivity contribution in [2.75, 3.05) is 0 Å². The number of rotatable bonds is 3. The Bertz CT molecular complexity index is 876. The fourth-order valence-electron chi connectivity index (χ4n) is 2.31. The smallest absolute Gasteiger partial charge is 0.263 e. The lowest BCUT2D eigenvalue weighted by Crippen LogP contribution is -2.20. The van der Waals surface area contributed by atoms with Crippen molar-refractivity contribution in [1.29, 1.82) is 0 Å². The molecule has 0 atom stereocenters. The number of benzene rings is 1. The normalized spacial score (nSPS) is 10.7. The quantitative estimate of drug-likeness (QED) is 0.770. The first-order chi connectivity index (χ1) is 11.1. The summed E-state index contributed by atoms with van der Waals surface area (Å²) in [5.41, 5.74) is 0.679. The van der Waals surface area contributed by atoms with Gasteiger partial charge in [-0.15, -0.1) is 0 Å². The summed E-state index contributed by atoms with van der Waals surface area (Å²) in [6.45, 7) is -0.288. The maximum absolute atomic E-state index is 12.7. The van der Waals surface area contributed by atoms with Gasteiger partial charge < -0.3 is 10.2 Å². The summed E-state index contributed by atoms with van der Waals surface area (Å²) in [7, 11) is 0. The van der Waals surface area contributed by atoms with E-state index in [1.807, 2.05) is 0 Å². The first-order valence-corrected chi connectivity index (χ1v) is 6.86. The summed E-state index contributed by atoms with van der Waals surface area (Å²) < 4.78 is 2.47. The molecule has 0 aliphatic carbocycles. The van der Waals surface area contributed by atoms with Gasteiger partial charge in [-0.1, -0.05) is 12.1 Å². The van der Waals surface area contributed by atoms with Gasteiger partial charge in [-0.3, -0.25) is 18.7 Å². The number of aromatic hydroxyl groups is 1. The molecule has 3 aromatic rings. The van der Waals surface area contributed by atoms with Crippen LogP contribution in [0.1, 0.15) is 26.4 Å². The largest absolute Gasteiger partial charge is 0.506 e.